The molecule has 0 radical (unpaired) electrons. The lowest BCUT2D eigenvalue weighted by molar-refractivity contribution is 0.0996. The molecule has 0 aliphatic carbocycles. The number of anilines is 2. The van der Waals surface area contributed by atoms with Crippen LogP contribution in [-0.2, 0) is 12.3 Å². The third kappa shape index (κ3) is 5.48. The van der Waals surface area contributed by atoms with E-state index in [9.17, 15) is 4.79 Å². The fourth-order valence-electron chi connectivity index (χ4n) is 2.73. The molecule has 4 aromatic rings. The van der Waals surface area contributed by atoms with Crippen LogP contribution in [0.1, 0.15) is 21.7 Å². The van der Waals surface area contributed by atoms with Gasteiger partial charge in [-0.25, -0.2) is 4.98 Å². The maximum absolute atomic E-state index is 12.0. The molecule has 2 heterocycles. The van der Waals surface area contributed by atoms with Gasteiger partial charge in [0, 0.05) is 18.0 Å². The van der Waals surface area contributed by atoms with Crippen LogP contribution in [-0.4, -0.2) is 15.9 Å². The van der Waals surface area contributed by atoms with E-state index in [0.29, 0.717) is 12.2 Å². The third-order valence-electron chi connectivity index (χ3n) is 4.27. The van der Waals surface area contributed by atoms with Gasteiger partial charge in [-0.3, -0.25) is 9.78 Å². The SMILES string of the molecule is O=C(Nc1ccc(CNc2cncc(SCc3ccccc3)n2)cc1)c1ccco1. The zero-order valence-electron chi connectivity index (χ0n) is 16.1. The Morgan fingerprint density at radius 2 is 1.77 bits per heavy atom. The second-order valence-corrected chi connectivity index (χ2v) is 7.49. The smallest absolute Gasteiger partial charge is 0.291 e. The first-order chi connectivity index (χ1) is 14.8. The number of carbonyl (C=O) groups excluding carboxylic acids is 1. The number of thioether (sulfide) groups is 1. The van der Waals surface area contributed by atoms with E-state index in [1.165, 1.54) is 11.8 Å². The van der Waals surface area contributed by atoms with Gasteiger partial charge in [0.25, 0.3) is 5.91 Å². The minimum atomic E-state index is -0.272. The first kappa shape index (κ1) is 19.7. The Kier molecular flexibility index (Phi) is 6.41. The normalized spacial score (nSPS) is 10.5. The van der Waals surface area contributed by atoms with Gasteiger partial charge in [-0.2, -0.15) is 0 Å². The molecule has 0 spiro atoms. The van der Waals surface area contributed by atoms with Crippen molar-refractivity contribution in [3.63, 3.8) is 0 Å². The molecule has 0 unspecified atom stereocenters. The van der Waals surface area contributed by atoms with E-state index in [-0.39, 0.29) is 11.7 Å². The second kappa shape index (κ2) is 9.76. The number of benzene rings is 2. The lowest BCUT2D eigenvalue weighted by Gasteiger charge is -2.08. The Bertz CT molecular complexity index is 1080. The van der Waals surface area contributed by atoms with Gasteiger partial charge in [0.05, 0.1) is 18.7 Å². The summed E-state index contributed by atoms with van der Waals surface area (Å²) in [7, 11) is 0. The number of nitrogens with zero attached hydrogens (tertiary/aromatic N) is 2. The summed E-state index contributed by atoms with van der Waals surface area (Å²) >= 11 is 1.65. The van der Waals surface area contributed by atoms with Gasteiger partial charge in [-0.05, 0) is 35.4 Å². The number of furan rings is 1. The number of amides is 1. The summed E-state index contributed by atoms with van der Waals surface area (Å²) in [6, 6.07) is 21.2. The zero-order chi connectivity index (χ0) is 20.6. The van der Waals surface area contributed by atoms with Crippen molar-refractivity contribution in [3.8, 4) is 0 Å². The molecular weight excluding hydrogens is 396 g/mol. The molecule has 0 bridgehead atoms. The van der Waals surface area contributed by atoms with Gasteiger partial charge < -0.3 is 15.1 Å². The van der Waals surface area contributed by atoms with Crippen LogP contribution in [0, 0.1) is 0 Å². The van der Waals surface area contributed by atoms with Crippen LogP contribution in [0.3, 0.4) is 0 Å². The van der Waals surface area contributed by atoms with E-state index >= 15 is 0 Å². The first-order valence-corrected chi connectivity index (χ1v) is 10.4. The maximum atomic E-state index is 12.0. The van der Waals surface area contributed by atoms with Gasteiger partial charge in [0.1, 0.15) is 10.8 Å². The van der Waals surface area contributed by atoms with Crippen LogP contribution in [0.15, 0.2) is 94.8 Å². The number of aromatic nitrogens is 2. The van der Waals surface area contributed by atoms with E-state index in [2.05, 4.69) is 32.7 Å². The van der Waals surface area contributed by atoms with Crippen molar-refractivity contribution in [1.29, 1.82) is 0 Å². The van der Waals surface area contributed by atoms with Crippen molar-refractivity contribution in [2.75, 3.05) is 10.6 Å². The Morgan fingerprint density at radius 3 is 2.53 bits per heavy atom. The number of hydrogen-bond donors (Lipinski definition) is 2. The molecule has 1 amide bonds. The van der Waals surface area contributed by atoms with Crippen molar-refractivity contribution in [1.82, 2.24) is 9.97 Å². The van der Waals surface area contributed by atoms with E-state index in [4.69, 9.17) is 4.42 Å². The van der Waals surface area contributed by atoms with Crippen molar-refractivity contribution in [2.45, 2.75) is 17.3 Å². The number of carbonyl (C=O) groups is 1. The maximum Gasteiger partial charge on any atom is 0.291 e. The summed E-state index contributed by atoms with van der Waals surface area (Å²) in [5.74, 6) is 1.59. The quantitative estimate of drug-likeness (QED) is 0.383. The summed E-state index contributed by atoms with van der Waals surface area (Å²) in [6.45, 7) is 0.605. The number of rotatable bonds is 8. The number of hydrogen-bond acceptors (Lipinski definition) is 6. The summed E-state index contributed by atoms with van der Waals surface area (Å²) in [4.78, 5) is 20.9. The molecule has 30 heavy (non-hydrogen) atoms. The summed E-state index contributed by atoms with van der Waals surface area (Å²) < 4.78 is 5.09. The Balaban J connectivity index is 1.29. The average Bonchev–Trinajstić information content (AvgIpc) is 3.34. The minimum Gasteiger partial charge on any atom is -0.459 e. The molecule has 150 valence electrons. The van der Waals surface area contributed by atoms with Crippen LogP contribution < -0.4 is 10.6 Å². The molecule has 0 aliphatic rings. The fourth-order valence-corrected chi connectivity index (χ4v) is 3.54. The lowest BCUT2D eigenvalue weighted by atomic mass is 10.2. The van der Waals surface area contributed by atoms with Crippen LogP contribution in [0.4, 0.5) is 11.5 Å². The molecule has 0 aliphatic heterocycles. The molecule has 7 heteroatoms. The highest BCUT2D eigenvalue weighted by Crippen LogP contribution is 2.21. The van der Waals surface area contributed by atoms with E-state index in [1.807, 2.05) is 42.5 Å². The fraction of sp³-hybridized carbons (Fsp3) is 0.0870. The van der Waals surface area contributed by atoms with Crippen molar-refractivity contribution in [3.05, 3.63) is 102 Å². The Labute approximate surface area is 178 Å². The standard InChI is InChI=1S/C23H20N4O2S/c28-23(20-7-4-12-29-20)26-19-10-8-17(9-11-19)13-25-21-14-24-15-22(27-21)30-16-18-5-2-1-3-6-18/h1-12,14-15H,13,16H2,(H,25,27)(H,26,28). The topological polar surface area (TPSA) is 80.0 Å². The molecule has 6 nitrogen and oxygen atoms in total. The summed E-state index contributed by atoms with van der Waals surface area (Å²) in [5, 5.41) is 6.97. The highest BCUT2D eigenvalue weighted by Gasteiger charge is 2.08. The van der Waals surface area contributed by atoms with Crippen LogP contribution >= 0.6 is 11.8 Å². The lowest BCUT2D eigenvalue weighted by Crippen LogP contribution is -2.10. The summed E-state index contributed by atoms with van der Waals surface area (Å²) in [6.07, 6.45) is 4.96. The summed E-state index contributed by atoms with van der Waals surface area (Å²) in [5.41, 5.74) is 3.02. The minimum absolute atomic E-state index is 0.272. The Hall–Kier alpha value is -3.58. The molecule has 2 N–H and O–H groups in total. The zero-order valence-corrected chi connectivity index (χ0v) is 16.9. The monoisotopic (exact) mass is 416 g/mol. The molecule has 0 saturated heterocycles. The molecule has 2 aromatic carbocycles. The van der Waals surface area contributed by atoms with Gasteiger partial charge in [-0.1, -0.05) is 42.5 Å². The largest absolute Gasteiger partial charge is 0.459 e. The number of nitrogens with one attached hydrogen (secondary N) is 2. The molecule has 2 aromatic heterocycles. The highest BCUT2D eigenvalue weighted by molar-refractivity contribution is 7.98. The molecule has 0 fully saturated rings. The molecular formula is C23H20N4O2S. The average molecular weight is 417 g/mol. The van der Waals surface area contributed by atoms with Gasteiger partial charge in [-0.15, -0.1) is 11.8 Å². The van der Waals surface area contributed by atoms with Crippen molar-refractivity contribution < 1.29 is 9.21 Å². The van der Waals surface area contributed by atoms with Gasteiger partial charge in [0.2, 0.25) is 0 Å². The first-order valence-electron chi connectivity index (χ1n) is 9.43. The third-order valence-corrected chi connectivity index (χ3v) is 5.24. The Morgan fingerprint density at radius 1 is 0.933 bits per heavy atom. The van der Waals surface area contributed by atoms with Gasteiger partial charge in [0.15, 0.2) is 5.76 Å². The second-order valence-electron chi connectivity index (χ2n) is 6.50. The predicted molar refractivity (Wildman–Crippen MR) is 118 cm³/mol. The van der Waals surface area contributed by atoms with Crippen LogP contribution in [0.2, 0.25) is 0 Å². The van der Waals surface area contributed by atoms with E-state index < -0.39 is 0 Å². The molecule has 4 rings (SSSR count). The van der Waals surface area contributed by atoms with Crippen LogP contribution in [0.5, 0.6) is 0 Å². The van der Waals surface area contributed by atoms with Crippen molar-refractivity contribution in [2.24, 2.45) is 0 Å². The predicted octanol–water partition coefficient (Wildman–Crippen LogP) is 5.23. The molecule has 0 saturated carbocycles. The van der Waals surface area contributed by atoms with Crippen molar-refractivity contribution >= 4 is 29.2 Å². The molecule has 0 atom stereocenters. The van der Waals surface area contributed by atoms with Crippen LogP contribution in [0.25, 0.3) is 0 Å². The van der Waals surface area contributed by atoms with Gasteiger partial charge >= 0.3 is 0 Å². The highest BCUT2D eigenvalue weighted by atomic mass is 32.2. The van der Waals surface area contributed by atoms with E-state index in [1.54, 1.807) is 36.3 Å². The van der Waals surface area contributed by atoms with E-state index in [0.717, 1.165) is 22.2 Å².